The van der Waals surface area contributed by atoms with Crippen LogP contribution < -0.4 is 5.32 Å². The van der Waals surface area contributed by atoms with Crippen molar-refractivity contribution >= 4 is 40.4 Å². The van der Waals surface area contributed by atoms with Crippen molar-refractivity contribution in [3.05, 3.63) is 69.4 Å². The van der Waals surface area contributed by atoms with Gasteiger partial charge in [-0.3, -0.25) is 9.78 Å². The highest BCUT2D eigenvalue weighted by Crippen LogP contribution is 2.26. The van der Waals surface area contributed by atoms with Gasteiger partial charge in [0.1, 0.15) is 5.01 Å². The van der Waals surface area contributed by atoms with Crippen LogP contribution in [0.25, 0.3) is 10.6 Å². The first-order chi connectivity index (χ1) is 12.0. The summed E-state index contributed by atoms with van der Waals surface area (Å²) in [5.41, 5.74) is 2.50. The third-order valence-electron chi connectivity index (χ3n) is 3.61. The molecule has 0 saturated carbocycles. The molecule has 1 N–H and O–H groups in total. The lowest BCUT2D eigenvalue weighted by Gasteiger charge is -2.15. The van der Waals surface area contributed by atoms with Gasteiger partial charge in [0, 0.05) is 33.4 Å². The van der Waals surface area contributed by atoms with Gasteiger partial charge < -0.3 is 5.32 Å². The van der Waals surface area contributed by atoms with Gasteiger partial charge in [-0.2, -0.15) is 0 Å². The van der Waals surface area contributed by atoms with Gasteiger partial charge in [0.2, 0.25) is 5.91 Å². The Balaban J connectivity index is 1.64. The SMILES string of the molecule is CC(NC(=O)Cc1csc(-c2cccnc2)n1)c1ccc(Cl)cc1Cl. The first-order valence-corrected chi connectivity index (χ1v) is 9.25. The Morgan fingerprint density at radius 2 is 2.16 bits per heavy atom. The van der Waals surface area contributed by atoms with E-state index in [9.17, 15) is 4.79 Å². The smallest absolute Gasteiger partial charge is 0.226 e. The van der Waals surface area contributed by atoms with Crippen LogP contribution in [0.2, 0.25) is 10.0 Å². The second-order valence-corrected chi connectivity index (χ2v) is 7.22. The standard InChI is InChI=1S/C18H15Cl2N3OS/c1-11(15-5-4-13(19)7-16(15)20)22-17(24)8-14-10-25-18(23-14)12-3-2-6-21-9-12/h2-7,9-11H,8H2,1H3,(H,22,24). The highest BCUT2D eigenvalue weighted by Gasteiger charge is 2.15. The third kappa shape index (κ3) is 4.57. The molecule has 2 heterocycles. The van der Waals surface area contributed by atoms with Crippen molar-refractivity contribution in [2.45, 2.75) is 19.4 Å². The van der Waals surface area contributed by atoms with E-state index >= 15 is 0 Å². The molecule has 0 saturated heterocycles. The average molecular weight is 392 g/mol. The zero-order chi connectivity index (χ0) is 17.8. The molecule has 0 spiro atoms. The molecule has 0 fully saturated rings. The second kappa shape index (κ2) is 7.95. The fourth-order valence-electron chi connectivity index (χ4n) is 2.40. The van der Waals surface area contributed by atoms with E-state index in [-0.39, 0.29) is 18.4 Å². The number of nitrogens with zero attached hydrogens (tertiary/aromatic N) is 2. The van der Waals surface area contributed by atoms with E-state index in [1.54, 1.807) is 24.5 Å². The first-order valence-electron chi connectivity index (χ1n) is 7.62. The maximum atomic E-state index is 12.3. The van der Waals surface area contributed by atoms with Crippen LogP contribution in [-0.2, 0) is 11.2 Å². The number of hydrogen-bond donors (Lipinski definition) is 1. The molecule has 3 rings (SSSR count). The number of rotatable bonds is 5. The highest BCUT2D eigenvalue weighted by molar-refractivity contribution is 7.13. The summed E-state index contributed by atoms with van der Waals surface area (Å²) in [7, 11) is 0. The van der Waals surface area contributed by atoms with Crippen molar-refractivity contribution in [2.75, 3.05) is 0 Å². The minimum atomic E-state index is -0.214. The predicted octanol–water partition coefficient (Wildman–Crippen LogP) is 4.93. The number of benzene rings is 1. The molecular formula is C18H15Cl2N3OS. The van der Waals surface area contributed by atoms with Gasteiger partial charge in [-0.05, 0) is 36.8 Å². The normalized spacial score (nSPS) is 12.0. The van der Waals surface area contributed by atoms with Gasteiger partial charge >= 0.3 is 0 Å². The second-order valence-electron chi connectivity index (χ2n) is 5.52. The van der Waals surface area contributed by atoms with E-state index in [0.717, 1.165) is 21.8 Å². The fraction of sp³-hybridized carbons (Fsp3) is 0.167. The Kier molecular flexibility index (Phi) is 5.68. The molecule has 1 unspecified atom stereocenters. The molecule has 25 heavy (non-hydrogen) atoms. The first kappa shape index (κ1) is 17.9. The fourth-order valence-corrected chi connectivity index (χ4v) is 3.78. The Morgan fingerprint density at radius 3 is 2.88 bits per heavy atom. The summed E-state index contributed by atoms with van der Waals surface area (Å²) < 4.78 is 0. The van der Waals surface area contributed by atoms with Crippen LogP contribution >= 0.6 is 34.5 Å². The Morgan fingerprint density at radius 1 is 1.32 bits per heavy atom. The van der Waals surface area contributed by atoms with Crippen LogP contribution in [0.4, 0.5) is 0 Å². The van der Waals surface area contributed by atoms with Crippen molar-refractivity contribution in [1.82, 2.24) is 15.3 Å². The summed E-state index contributed by atoms with van der Waals surface area (Å²) in [5.74, 6) is -0.110. The van der Waals surface area contributed by atoms with Crippen LogP contribution in [0.3, 0.4) is 0 Å². The molecule has 7 heteroatoms. The van der Waals surface area contributed by atoms with E-state index in [1.807, 2.05) is 30.5 Å². The Labute approximate surface area is 159 Å². The predicted molar refractivity (Wildman–Crippen MR) is 102 cm³/mol. The van der Waals surface area contributed by atoms with Gasteiger partial charge in [-0.1, -0.05) is 29.3 Å². The number of amides is 1. The van der Waals surface area contributed by atoms with E-state index in [1.165, 1.54) is 11.3 Å². The topological polar surface area (TPSA) is 54.9 Å². The number of carbonyl (C=O) groups excluding carboxylic acids is 1. The van der Waals surface area contributed by atoms with Crippen LogP contribution in [0.15, 0.2) is 48.1 Å². The largest absolute Gasteiger partial charge is 0.349 e. The maximum Gasteiger partial charge on any atom is 0.226 e. The molecular weight excluding hydrogens is 377 g/mol. The molecule has 128 valence electrons. The van der Waals surface area contributed by atoms with Gasteiger partial charge in [-0.15, -0.1) is 11.3 Å². The Bertz CT molecular complexity index is 883. The van der Waals surface area contributed by atoms with Crippen molar-refractivity contribution in [2.24, 2.45) is 0 Å². The monoisotopic (exact) mass is 391 g/mol. The number of aromatic nitrogens is 2. The molecule has 0 radical (unpaired) electrons. The van der Waals surface area contributed by atoms with Crippen LogP contribution in [0.5, 0.6) is 0 Å². The molecule has 1 amide bonds. The van der Waals surface area contributed by atoms with Gasteiger partial charge in [0.25, 0.3) is 0 Å². The number of pyridine rings is 1. The lowest BCUT2D eigenvalue weighted by Crippen LogP contribution is -2.28. The Hall–Kier alpha value is -1.95. The minimum absolute atomic E-state index is 0.110. The van der Waals surface area contributed by atoms with E-state index in [0.29, 0.717) is 10.0 Å². The van der Waals surface area contributed by atoms with Crippen LogP contribution in [0, 0.1) is 0 Å². The molecule has 0 aliphatic heterocycles. The van der Waals surface area contributed by atoms with Crippen molar-refractivity contribution < 1.29 is 4.79 Å². The molecule has 4 nitrogen and oxygen atoms in total. The van der Waals surface area contributed by atoms with Gasteiger partial charge in [0.05, 0.1) is 18.2 Å². The van der Waals surface area contributed by atoms with E-state index < -0.39 is 0 Å². The maximum absolute atomic E-state index is 12.3. The molecule has 3 aromatic rings. The number of carbonyl (C=O) groups is 1. The van der Waals surface area contributed by atoms with Crippen LogP contribution in [-0.4, -0.2) is 15.9 Å². The lowest BCUT2D eigenvalue weighted by atomic mass is 10.1. The molecule has 0 bridgehead atoms. The molecule has 0 aliphatic carbocycles. The number of halogens is 2. The summed E-state index contributed by atoms with van der Waals surface area (Å²) in [6.45, 7) is 1.88. The molecule has 1 atom stereocenters. The number of thiazole rings is 1. The average Bonchev–Trinajstić information content (AvgIpc) is 3.03. The zero-order valence-corrected chi connectivity index (χ0v) is 15.7. The summed E-state index contributed by atoms with van der Waals surface area (Å²) in [6, 6.07) is 8.84. The minimum Gasteiger partial charge on any atom is -0.349 e. The third-order valence-corrected chi connectivity index (χ3v) is 5.11. The van der Waals surface area contributed by atoms with Crippen molar-refractivity contribution in [1.29, 1.82) is 0 Å². The molecule has 1 aromatic carbocycles. The zero-order valence-electron chi connectivity index (χ0n) is 13.4. The number of nitrogens with one attached hydrogen (secondary N) is 1. The summed E-state index contributed by atoms with van der Waals surface area (Å²) >= 11 is 13.6. The lowest BCUT2D eigenvalue weighted by molar-refractivity contribution is -0.121. The summed E-state index contributed by atoms with van der Waals surface area (Å²) in [6.07, 6.45) is 3.69. The van der Waals surface area contributed by atoms with Crippen molar-refractivity contribution in [3.63, 3.8) is 0 Å². The van der Waals surface area contributed by atoms with Crippen LogP contribution in [0.1, 0.15) is 24.2 Å². The molecule has 2 aromatic heterocycles. The summed E-state index contributed by atoms with van der Waals surface area (Å²) in [4.78, 5) is 20.9. The van der Waals surface area contributed by atoms with E-state index in [2.05, 4.69) is 15.3 Å². The summed E-state index contributed by atoms with van der Waals surface area (Å²) in [5, 5.41) is 6.78. The quantitative estimate of drug-likeness (QED) is 0.670. The van der Waals surface area contributed by atoms with Gasteiger partial charge in [0.15, 0.2) is 0 Å². The molecule has 0 aliphatic rings. The number of hydrogen-bond acceptors (Lipinski definition) is 4. The van der Waals surface area contributed by atoms with Gasteiger partial charge in [-0.25, -0.2) is 4.98 Å². The highest BCUT2D eigenvalue weighted by atomic mass is 35.5. The van der Waals surface area contributed by atoms with E-state index in [4.69, 9.17) is 23.2 Å². The van der Waals surface area contributed by atoms with Crippen molar-refractivity contribution in [3.8, 4) is 10.6 Å².